The van der Waals surface area contributed by atoms with Crippen LogP contribution >= 0.6 is 11.6 Å². The van der Waals surface area contributed by atoms with Crippen LogP contribution in [-0.2, 0) is 0 Å². The highest BCUT2D eigenvalue weighted by atomic mass is 35.5. The molecule has 3 aromatic rings. The molecule has 2 aromatic carbocycles. The lowest BCUT2D eigenvalue weighted by Gasteiger charge is -2.21. The van der Waals surface area contributed by atoms with E-state index >= 15 is 0 Å². The van der Waals surface area contributed by atoms with E-state index in [9.17, 15) is 9.90 Å². The van der Waals surface area contributed by atoms with Gasteiger partial charge in [0.2, 0.25) is 0 Å². The first-order valence-corrected chi connectivity index (χ1v) is 11.7. The average Bonchev–Trinajstić information content (AvgIpc) is 3.44. The molecule has 4 rings (SSSR count). The topological polar surface area (TPSA) is 84.2 Å². The number of nitrogens with zero attached hydrogens (tertiary/aromatic N) is 1. The summed E-state index contributed by atoms with van der Waals surface area (Å²) < 4.78 is 17.2. The summed E-state index contributed by atoms with van der Waals surface area (Å²) in [5.74, 6) is 1.21. The molecular weight excluding hydrogens is 456 g/mol. The quantitative estimate of drug-likeness (QED) is 0.458. The van der Waals surface area contributed by atoms with Crippen molar-refractivity contribution in [3.8, 4) is 11.5 Å². The smallest absolute Gasteiger partial charge is 0.291 e. The maximum Gasteiger partial charge on any atom is 0.291 e. The highest BCUT2D eigenvalue weighted by Crippen LogP contribution is 2.27. The summed E-state index contributed by atoms with van der Waals surface area (Å²) in [4.78, 5) is 14.7. The van der Waals surface area contributed by atoms with Gasteiger partial charge in [-0.2, -0.15) is 0 Å². The molecule has 2 atom stereocenters. The molecule has 2 unspecified atom stereocenters. The number of rotatable bonds is 9. The zero-order valence-corrected chi connectivity index (χ0v) is 20.0. The summed E-state index contributed by atoms with van der Waals surface area (Å²) in [6.07, 6.45) is 1.75. The molecular formula is C26H29ClN2O5. The summed E-state index contributed by atoms with van der Waals surface area (Å²) in [5.41, 5.74) is 2.26. The first kappa shape index (κ1) is 24.1. The fraction of sp³-hybridized carbons (Fsp3) is 0.346. The monoisotopic (exact) mass is 484 g/mol. The van der Waals surface area contributed by atoms with E-state index < -0.39 is 6.10 Å². The van der Waals surface area contributed by atoms with E-state index in [1.54, 1.807) is 12.1 Å². The van der Waals surface area contributed by atoms with Crippen LogP contribution in [0.2, 0.25) is 5.02 Å². The fourth-order valence-electron chi connectivity index (χ4n) is 3.94. The number of aliphatic hydroxyl groups is 1. The van der Waals surface area contributed by atoms with Crippen LogP contribution in [0.5, 0.6) is 11.5 Å². The molecule has 0 saturated carbocycles. The van der Waals surface area contributed by atoms with Gasteiger partial charge in [0.1, 0.15) is 30.3 Å². The van der Waals surface area contributed by atoms with Crippen LogP contribution in [0.1, 0.15) is 28.1 Å². The largest absolute Gasteiger partial charge is 0.489 e. The number of benzene rings is 2. The number of aliphatic hydroxyl groups excluding tert-OH is 1. The van der Waals surface area contributed by atoms with E-state index in [2.05, 4.69) is 10.2 Å². The molecule has 2 N–H and O–H groups in total. The number of hydrogen-bond donors (Lipinski definition) is 2. The molecule has 8 heteroatoms. The Morgan fingerprint density at radius 2 is 2.03 bits per heavy atom. The molecule has 0 radical (unpaired) electrons. The number of carbonyl (C=O) groups is 1. The highest BCUT2D eigenvalue weighted by Gasteiger charge is 2.26. The summed E-state index contributed by atoms with van der Waals surface area (Å²) in [6, 6.07) is 14.6. The van der Waals surface area contributed by atoms with Gasteiger partial charge in [0.25, 0.3) is 5.91 Å². The predicted molar refractivity (Wildman–Crippen MR) is 131 cm³/mol. The summed E-state index contributed by atoms with van der Waals surface area (Å²) in [7, 11) is 0. The second-order valence-corrected chi connectivity index (χ2v) is 9.03. The normalized spacial score (nSPS) is 16.9. The predicted octanol–water partition coefficient (Wildman–Crippen LogP) is 4.70. The Kier molecular flexibility index (Phi) is 7.77. The number of β-amino-alcohol motifs (C(OH)–C–C–N with tert-alkyl or cyclic N) is 1. The number of likely N-dealkylation sites (tertiary alicyclic amines) is 1. The molecule has 0 spiro atoms. The fourth-order valence-corrected chi connectivity index (χ4v) is 4.06. The number of halogens is 1. The molecule has 1 fully saturated rings. The third kappa shape index (κ3) is 6.32. The molecule has 1 amide bonds. The van der Waals surface area contributed by atoms with Gasteiger partial charge in [0, 0.05) is 30.2 Å². The number of anilines is 1. The number of nitrogens with one attached hydrogen (secondary N) is 1. The third-order valence-electron chi connectivity index (χ3n) is 5.70. The summed E-state index contributed by atoms with van der Waals surface area (Å²) >= 11 is 5.93. The number of ether oxygens (including phenoxy) is 2. The van der Waals surface area contributed by atoms with Gasteiger partial charge in [-0.3, -0.25) is 9.69 Å². The van der Waals surface area contributed by atoms with Crippen molar-refractivity contribution in [1.82, 2.24) is 4.90 Å². The minimum atomic E-state index is -0.689. The number of furan rings is 1. The molecule has 0 aliphatic carbocycles. The number of carbonyl (C=O) groups excluding carboxylic acids is 1. The van der Waals surface area contributed by atoms with E-state index in [1.807, 2.05) is 50.2 Å². The Labute approximate surface area is 204 Å². The van der Waals surface area contributed by atoms with Crippen LogP contribution in [0.3, 0.4) is 0 Å². The molecule has 1 aliphatic rings. The van der Waals surface area contributed by atoms with E-state index in [0.717, 1.165) is 36.4 Å². The van der Waals surface area contributed by atoms with Crippen LogP contribution in [0, 0.1) is 13.8 Å². The number of aryl methyl sites for hydroxylation is 2. The minimum Gasteiger partial charge on any atom is -0.489 e. The highest BCUT2D eigenvalue weighted by molar-refractivity contribution is 6.30. The molecule has 1 aliphatic heterocycles. The van der Waals surface area contributed by atoms with Crippen molar-refractivity contribution in [2.75, 3.05) is 31.6 Å². The first-order chi connectivity index (χ1) is 16.4. The van der Waals surface area contributed by atoms with Crippen molar-refractivity contribution in [2.24, 2.45) is 0 Å². The second kappa shape index (κ2) is 11.0. The van der Waals surface area contributed by atoms with Crippen LogP contribution in [-0.4, -0.2) is 54.4 Å². The average molecular weight is 485 g/mol. The SMILES string of the molecule is Cc1ccc(NC(=O)c2occc2C)c(OCC(O)CN2CCC(Oc3ccc(Cl)cc3)C2)c1. The van der Waals surface area contributed by atoms with E-state index in [4.69, 9.17) is 25.5 Å². The Balaban J connectivity index is 1.28. The van der Waals surface area contributed by atoms with Gasteiger partial charge in [0.05, 0.1) is 12.0 Å². The van der Waals surface area contributed by atoms with Crippen LogP contribution in [0.25, 0.3) is 0 Å². The van der Waals surface area contributed by atoms with Gasteiger partial charge in [-0.1, -0.05) is 17.7 Å². The van der Waals surface area contributed by atoms with Gasteiger partial charge >= 0.3 is 0 Å². The maximum atomic E-state index is 12.5. The van der Waals surface area contributed by atoms with Gasteiger partial charge in [-0.15, -0.1) is 0 Å². The van der Waals surface area contributed by atoms with E-state index in [-0.39, 0.29) is 24.4 Å². The second-order valence-electron chi connectivity index (χ2n) is 8.59. The molecule has 34 heavy (non-hydrogen) atoms. The maximum absolute atomic E-state index is 12.5. The molecule has 1 aromatic heterocycles. The lowest BCUT2D eigenvalue weighted by atomic mass is 10.2. The standard InChI is InChI=1S/C26H29ClN2O5/c1-17-3-8-23(28-26(31)25-18(2)10-12-32-25)24(13-17)33-16-20(30)14-29-11-9-22(15-29)34-21-6-4-19(27)5-7-21/h3-8,10,12-13,20,22,30H,9,11,14-16H2,1-2H3,(H,28,31). The zero-order chi connectivity index (χ0) is 24.1. The van der Waals surface area contributed by atoms with Crippen LogP contribution in [0.15, 0.2) is 59.2 Å². The lowest BCUT2D eigenvalue weighted by molar-refractivity contribution is 0.0722. The van der Waals surface area contributed by atoms with Crippen molar-refractivity contribution in [2.45, 2.75) is 32.5 Å². The molecule has 0 bridgehead atoms. The summed E-state index contributed by atoms with van der Waals surface area (Å²) in [5, 5.41) is 14.1. The Bertz CT molecular complexity index is 1110. The molecule has 7 nitrogen and oxygen atoms in total. The van der Waals surface area contributed by atoms with E-state index in [1.165, 1.54) is 6.26 Å². The Morgan fingerprint density at radius 1 is 1.24 bits per heavy atom. The van der Waals surface area contributed by atoms with Crippen molar-refractivity contribution in [3.63, 3.8) is 0 Å². The van der Waals surface area contributed by atoms with Crippen molar-refractivity contribution >= 4 is 23.2 Å². The molecule has 180 valence electrons. The van der Waals surface area contributed by atoms with Crippen molar-refractivity contribution in [1.29, 1.82) is 0 Å². The Hall–Kier alpha value is -3.00. The van der Waals surface area contributed by atoms with Gasteiger partial charge in [0.15, 0.2) is 5.76 Å². The lowest BCUT2D eigenvalue weighted by Crippen LogP contribution is -2.35. The van der Waals surface area contributed by atoms with Crippen molar-refractivity contribution < 1.29 is 23.8 Å². The number of amides is 1. The Morgan fingerprint density at radius 3 is 2.76 bits per heavy atom. The van der Waals surface area contributed by atoms with Crippen LogP contribution in [0.4, 0.5) is 5.69 Å². The van der Waals surface area contributed by atoms with Crippen LogP contribution < -0.4 is 14.8 Å². The third-order valence-corrected chi connectivity index (χ3v) is 5.95. The van der Waals surface area contributed by atoms with Gasteiger partial charge in [-0.05, 0) is 68.3 Å². The zero-order valence-electron chi connectivity index (χ0n) is 19.3. The molecule has 1 saturated heterocycles. The minimum absolute atomic E-state index is 0.0675. The van der Waals surface area contributed by atoms with Gasteiger partial charge < -0.3 is 24.3 Å². The number of hydrogen-bond acceptors (Lipinski definition) is 6. The van der Waals surface area contributed by atoms with Gasteiger partial charge in [-0.25, -0.2) is 0 Å². The van der Waals surface area contributed by atoms with Crippen molar-refractivity contribution in [3.05, 3.63) is 76.7 Å². The summed E-state index contributed by atoms with van der Waals surface area (Å²) in [6.45, 7) is 5.89. The molecule has 2 heterocycles. The van der Waals surface area contributed by atoms with E-state index in [0.29, 0.717) is 23.0 Å². The first-order valence-electron chi connectivity index (χ1n) is 11.3.